The van der Waals surface area contributed by atoms with Crippen LogP contribution in [0.25, 0.3) is 5.69 Å². The fourth-order valence-corrected chi connectivity index (χ4v) is 6.77. The fraction of sp³-hybridized carbons (Fsp3) is 0.414. The molecule has 204 valence electrons. The third-order valence-corrected chi connectivity index (χ3v) is 8.79. The van der Waals surface area contributed by atoms with Crippen LogP contribution in [0, 0.1) is 0 Å². The van der Waals surface area contributed by atoms with E-state index in [4.69, 9.17) is 26.2 Å². The lowest BCUT2D eigenvalue weighted by atomic mass is 9.87. The molecule has 1 atom stereocenters. The van der Waals surface area contributed by atoms with Gasteiger partial charge in [0.1, 0.15) is 12.4 Å². The van der Waals surface area contributed by atoms with Gasteiger partial charge in [0, 0.05) is 29.1 Å². The largest absolute Gasteiger partial charge is 0.454 e. The second-order valence-corrected chi connectivity index (χ2v) is 12.6. The number of ether oxygens (including phenoxy) is 2. The lowest BCUT2D eigenvalue weighted by Gasteiger charge is -2.26. The van der Waals surface area contributed by atoms with Crippen LogP contribution in [0.15, 0.2) is 42.5 Å². The molecule has 8 nitrogen and oxygen atoms in total. The maximum absolute atomic E-state index is 13.8. The highest BCUT2D eigenvalue weighted by atomic mass is 35.5. The number of hydrogen-bond acceptors (Lipinski definition) is 6. The number of halogens is 1. The van der Waals surface area contributed by atoms with Crippen LogP contribution >= 0.6 is 23.4 Å². The van der Waals surface area contributed by atoms with Gasteiger partial charge >= 0.3 is 0 Å². The fourth-order valence-electron chi connectivity index (χ4n) is 5.40. The Morgan fingerprint density at radius 2 is 1.87 bits per heavy atom. The number of fused-ring (bicyclic) bond motifs is 2. The number of anilines is 1. The molecular weight excluding hydrogens is 536 g/mol. The zero-order valence-corrected chi connectivity index (χ0v) is 23.8. The van der Waals surface area contributed by atoms with Crippen LogP contribution in [0.1, 0.15) is 55.7 Å². The van der Waals surface area contributed by atoms with Crippen LogP contribution < -0.4 is 14.4 Å². The van der Waals surface area contributed by atoms with Crippen LogP contribution in [0.5, 0.6) is 11.5 Å². The van der Waals surface area contributed by atoms with E-state index < -0.39 is 0 Å². The molecular formula is C29H31ClN4O4S. The number of benzene rings is 2. The first-order valence-corrected chi connectivity index (χ1v) is 14.6. The maximum atomic E-state index is 13.8. The molecule has 2 amide bonds. The van der Waals surface area contributed by atoms with Crippen molar-refractivity contribution >= 4 is 41.0 Å². The van der Waals surface area contributed by atoms with E-state index in [9.17, 15) is 9.59 Å². The molecule has 1 fully saturated rings. The quantitative estimate of drug-likeness (QED) is 0.424. The molecule has 10 heteroatoms. The van der Waals surface area contributed by atoms with E-state index in [1.165, 1.54) is 0 Å². The summed E-state index contributed by atoms with van der Waals surface area (Å²) in [5.41, 5.74) is 3.16. The van der Waals surface area contributed by atoms with Crippen LogP contribution in [0.3, 0.4) is 0 Å². The van der Waals surface area contributed by atoms with Crippen molar-refractivity contribution in [2.24, 2.45) is 0 Å². The van der Waals surface area contributed by atoms with Crippen molar-refractivity contribution in [3.8, 4) is 17.2 Å². The van der Waals surface area contributed by atoms with Crippen LogP contribution in [0.2, 0.25) is 5.02 Å². The van der Waals surface area contributed by atoms with Crippen molar-refractivity contribution in [1.29, 1.82) is 0 Å². The molecule has 0 unspecified atom stereocenters. The van der Waals surface area contributed by atoms with Gasteiger partial charge in [0.05, 0.1) is 22.4 Å². The minimum atomic E-state index is -0.346. The molecule has 0 N–H and O–H groups in total. The number of nitrogens with zero attached hydrogens (tertiary/aromatic N) is 4. The minimum Gasteiger partial charge on any atom is -0.454 e. The van der Waals surface area contributed by atoms with Crippen LogP contribution in [-0.2, 0) is 15.0 Å². The van der Waals surface area contributed by atoms with Crippen molar-refractivity contribution in [3.05, 3.63) is 64.3 Å². The SMILES string of the molecule is CC(C)(C)c1nn(-c2cccc(Cl)c2)c2c1[C@H](c1ccc3c(c1)OCO3)SCC(=O)N2CC(=O)N1CCCC1. The molecule has 3 aromatic rings. The van der Waals surface area contributed by atoms with Crippen molar-refractivity contribution in [2.75, 3.05) is 37.1 Å². The first-order valence-electron chi connectivity index (χ1n) is 13.2. The molecule has 3 aliphatic rings. The summed E-state index contributed by atoms with van der Waals surface area (Å²) in [6.45, 7) is 7.96. The molecule has 0 radical (unpaired) electrons. The Morgan fingerprint density at radius 3 is 2.62 bits per heavy atom. The molecule has 39 heavy (non-hydrogen) atoms. The maximum Gasteiger partial charge on any atom is 0.242 e. The molecule has 3 aliphatic heterocycles. The van der Waals surface area contributed by atoms with Gasteiger partial charge in [-0.05, 0) is 48.7 Å². The standard InChI is InChI=1S/C29H31ClN4O4S/c1-29(2,3)27-25-26(18-9-10-21-22(13-18)38-17-37-21)39-16-24(36)33(15-23(35)32-11-4-5-12-32)28(25)34(31-27)20-8-6-7-19(30)14-20/h6-10,13-14,26H,4-5,11-12,15-17H2,1-3H3/t26-/m0/s1. The molecule has 0 spiro atoms. The Balaban J connectivity index is 1.57. The second-order valence-electron chi connectivity index (χ2n) is 11.1. The molecule has 1 aromatic heterocycles. The minimum absolute atomic E-state index is 0.0317. The number of likely N-dealkylation sites (tertiary alicyclic amines) is 1. The number of thioether (sulfide) groups is 1. The van der Waals surface area contributed by atoms with Gasteiger partial charge in [-0.25, -0.2) is 4.68 Å². The van der Waals surface area contributed by atoms with E-state index in [0.717, 1.165) is 48.4 Å². The lowest BCUT2D eigenvalue weighted by molar-refractivity contribution is -0.130. The first kappa shape index (κ1) is 26.1. The molecule has 0 saturated carbocycles. The second kappa shape index (κ2) is 10.1. The highest BCUT2D eigenvalue weighted by Crippen LogP contribution is 2.50. The van der Waals surface area contributed by atoms with Crippen LogP contribution in [-0.4, -0.2) is 58.7 Å². The predicted octanol–water partition coefficient (Wildman–Crippen LogP) is 5.34. The Labute approximate surface area is 237 Å². The summed E-state index contributed by atoms with van der Waals surface area (Å²) in [7, 11) is 0. The third kappa shape index (κ3) is 4.87. The van der Waals surface area contributed by atoms with Crippen LogP contribution in [0.4, 0.5) is 5.82 Å². The summed E-state index contributed by atoms with van der Waals surface area (Å²) in [5.74, 6) is 2.06. The Hall–Kier alpha value is -3.17. The number of aromatic nitrogens is 2. The first-order chi connectivity index (χ1) is 18.7. The van der Waals surface area contributed by atoms with E-state index in [2.05, 4.69) is 20.8 Å². The third-order valence-electron chi connectivity index (χ3n) is 7.30. The smallest absolute Gasteiger partial charge is 0.242 e. The zero-order chi connectivity index (χ0) is 27.3. The van der Waals surface area contributed by atoms with E-state index in [0.29, 0.717) is 22.3 Å². The van der Waals surface area contributed by atoms with E-state index in [1.807, 2.05) is 47.4 Å². The lowest BCUT2D eigenvalue weighted by Crippen LogP contribution is -2.43. The summed E-state index contributed by atoms with van der Waals surface area (Å²) >= 11 is 7.96. The van der Waals surface area contributed by atoms with Gasteiger partial charge in [0.15, 0.2) is 11.5 Å². The molecule has 0 aliphatic carbocycles. The Bertz CT molecular complexity index is 1440. The average molecular weight is 567 g/mol. The Morgan fingerprint density at radius 1 is 1.10 bits per heavy atom. The molecule has 6 rings (SSSR count). The van der Waals surface area contributed by atoms with Crippen molar-refractivity contribution in [2.45, 2.75) is 44.3 Å². The topological polar surface area (TPSA) is 76.9 Å². The summed E-state index contributed by atoms with van der Waals surface area (Å²) in [4.78, 5) is 30.7. The van der Waals surface area contributed by atoms with Gasteiger partial charge in [-0.3, -0.25) is 14.5 Å². The van der Waals surface area contributed by atoms with Gasteiger partial charge in [-0.15, -0.1) is 11.8 Å². The zero-order valence-electron chi connectivity index (χ0n) is 22.3. The number of amides is 2. The predicted molar refractivity (Wildman–Crippen MR) is 152 cm³/mol. The summed E-state index contributed by atoms with van der Waals surface area (Å²) in [6.07, 6.45) is 1.98. The van der Waals surface area contributed by atoms with Crippen molar-refractivity contribution < 1.29 is 19.1 Å². The molecule has 0 bridgehead atoms. The normalized spacial score (nSPS) is 18.9. The van der Waals surface area contributed by atoms with Gasteiger partial charge in [0.2, 0.25) is 18.6 Å². The molecule has 4 heterocycles. The van der Waals surface area contributed by atoms with Gasteiger partial charge in [-0.2, -0.15) is 5.10 Å². The van der Waals surface area contributed by atoms with E-state index in [-0.39, 0.29) is 41.6 Å². The number of rotatable bonds is 4. The van der Waals surface area contributed by atoms with Gasteiger partial charge < -0.3 is 14.4 Å². The monoisotopic (exact) mass is 566 g/mol. The number of carbonyl (C=O) groups excluding carboxylic acids is 2. The summed E-state index contributed by atoms with van der Waals surface area (Å²) in [5, 5.41) is 5.47. The van der Waals surface area contributed by atoms with Gasteiger partial charge in [0.25, 0.3) is 0 Å². The van der Waals surface area contributed by atoms with E-state index in [1.54, 1.807) is 21.3 Å². The summed E-state index contributed by atoms with van der Waals surface area (Å²) in [6, 6.07) is 13.4. The number of hydrogen-bond donors (Lipinski definition) is 0. The average Bonchev–Trinajstić information content (AvgIpc) is 3.65. The highest BCUT2D eigenvalue weighted by molar-refractivity contribution is 8.00. The Kier molecular flexibility index (Phi) is 6.75. The van der Waals surface area contributed by atoms with Crippen molar-refractivity contribution in [3.63, 3.8) is 0 Å². The summed E-state index contributed by atoms with van der Waals surface area (Å²) < 4.78 is 13.0. The molecule has 1 saturated heterocycles. The molecule has 2 aromatic carbocycles. The number of carbonyl (C=O) groups is 2. The van der Waals surface area contributed by atoms with E-state index >= 15 is 0 Å². The highest BCUT2D eigenvalue weighted by Gasteiger charge is 2.40. The van der Waals surface area contributed by atoms with Gasteiger partial charge in [-0.1, -0.05) is 44.5 Å². The van der Waals surface area contributed by atoms with Crippen molar-refractivity contribution in [1.82, 2.24) is 14.7 Å².